The Morgan fingerprint density at radius 2 is 2.15 bits per heavy atom. The van der Waals surface area contributed by atoms with Crippen molar-refractivity contribution in [3.63, 3.8) is 0 Å². The van der Waals surface area contributed by atoms with Crippen LogP contribution in [0.15, 0.2) is 24.3 Å². The maximum absolute atomic E-state index is 11.7. The molecule has 0 aromatic heterocycles. The minimum absolute atomic E-state index is 0.103. The highest BCUT2D eigenvalue weighted by molar-refractivity contribution is 5.89. The molecule has 6 nitrogen and oxygen atoms in total. The smallest absolute Gasteiger partial charge is 0.341 e. The molecular weight excluding hydrogens is 260 g/mol. The van der Waals surface area contributed by atoms with Crippen molar-refractivity contribution in [2.75, 3.05) is 11.9 Å². The summed E-state index contributed by atoms with van der Waals surface area (Å²) < 4.78 is 5.04. The highest BCUT2D eigenvalue weighted by atomic mass is 16.5. The van der Waals surface area contributed by atoms with Crippen LogP contribution in [0, 0.1) is 0 Å². The van der Waals surface area contributed by atoms with Gasteiger partial charge in [0, 0.05) is 17.8 Å². The van der Waals surface area contributed by atoms with Gasteiger partial charge in [0.15, 0.2) is 6.61 Å². The minimum Gasteiger partial charge on any atom is -0.482 e. The number of hydrogen-bond acceptors (Lipinski definition) is 3. The van der Waals surface area contributed by atoms with Crippen molar-refractivity contribution in [2.45, 2.75) is 32.7 Å². The number of amides is 2. The Hall–Kier alpha value is -2.24. The van der Waals surface area contributed by atoms with E-state index in [4.69, 9.17) is 9.84 Å². The Kier molecular flexibility index (Phi) is 6.36. The third-order valence-electron chi connectivity index (χ3n) is 2.55. The molecule has 0 radical (unpaired) electrons. The van der Waals surface area contributed by atoms with E-state index in [-0.39, 0.29) is 12.1 Å². The van der Waals surface area contributed by atoms with Crippen LogP contribution in [0.2, 0.25) is 0 Å². The van der Waals surface area contributed by atoms with E-state index in [2.05, 4.69) is 17.6 Å². The van der Waals surface area contributed by atoms with Crippen LogP contribution in [-0.2, 0) is 4.79 Å². The first-order chi connectivity index (χ1) is 9.51. The predicted octanol–water partition coefficient (Wildman–Crippen LogP) is 2.46. The second-order valence-corrected chi connectivity index (χ2v) is 4.50. The summed E-state index contributed by atoms with van der Waals surface area (Å²) in [5.74, 6) is -0.652. The van der Waals surface area contributed by atoms with Gasteiger partial charge in [-0.25, -0.2) is 9.59 Å². The van der Waals surface area contributed by atoms with Crippen molar-refractivity contribution in [2.24, 2.45) is 0 Å². The highest BCUT2D eigenvalue weighted by Crippen LogP contribution is 2.17. The molecule has 0 heterocycles. The molecule has 3 N–H and O–H groups in total. The maximum atomic E-state index is 11.7. The number of ether oxygens (including phenoxy) is 1. The first-order valence-electron chi connectivity index (χ1n) is 6.53. The molecule has 6 heteroatoms. The van der Waals surface area contributed by atoms with Gasteiger partial charge in [0.25, 0.3) is 0 Å². The Labute approximate surface area is 118 Å². The Morgan fingerprint density at radius 1 is 1.40 bits per heavy atom. The number of anilines is 1. The molecule has 20 heavy (non-hydrogen) atoms. The average Bonchev–Trinajstić information content (AvgIpc) is 2.36. The third-order valence-corrected chi connectivity index (χ3v) is 2.55. The van der Waals surface area contributed by atoms with E-state index in [9.17, 15) is 9.59 Å². The number of carboxylic acids is 1. The van der Waals surface area contributed by atoms with Crippen molar-refractivity contribution >= 4 is 17.7 Å². The molecule has 0 aliphatic rings. The van der Waals surface area contributed by atoms with Crippen LogP contribution in [-0.4, -0.2) is 29.8 Å². The topological polar surface area (TPSA) is 87.7 Å². The predicted molar refractivity (Wildman–Crippen MR) is 76.1 cm³/mol. The summed E-state index contributed by atoms with van der Waals surface area (Å²) in [6.07, 6.45) is 1.91. The van der Waals surface area contributed by atoms with Crippen LogP contribution in [0.4, 0.5) is 10.5 Å². The summed E-state index contributed by atoms with van der Waals surface area (Å²) >= 11 is 0. The second-order valence-electron chi connectivity index (χ2n) is 4.50. The zero-order valence-electron chi connectivity index (χ0n) is 11.7. The lowest BCUT2D eigenvalue weighted by Crippen LogP contribution is -2.35. The van der Waals surface area contributed by atoms with Crippen molar-refractivity contribution in [3.8, 4) is 5.75 Å². The number of benzene rings is 1. The van der Waals surface area contributed by atoms with Gasteiger partial charge in [0.2, 0.25) is 0 Å². The quantitative estimate of drug-likeness (QED) is 0.716. The highest BCUT2D eigenvalue weighted by Gasteiger charge is 2.07. The third kappa shape index (κ3) is 6.08. The van der Waals surface area contributed by atoms with Crippen LogP contribution < -0.4 is 15.4 Å². The molecule has 0 spiro atoms. The molecule has 1 aromatic rings. The fourth-order valence-corrected chi connectivity index (χ4v) is 1.70. The lowest BCUT2D eigenvalue weighted by atomic mass is 10.2. The van der Waals surface area contributed by atoms with Crippen LogP contribution in [0.3, 0.4) is 0 Å². The van der Waals surface area contributed by atoms with Gasteiger partial charge >= 0.3 is 12.0 Å². The van der Waals surface area contributed by atoms with Crippen LogP contribution in [0.25, 0.3) is 0 Å². The average molecular weight is 280 g/mol. The van der Waals surface area contributed by atoms with Gasteiger partial charge in [-0.3, -0.25) is 0 Å². The Bertz CT molecular complexity index is 462. The number of carboxylic acid groups (broad SMARTS) is 1. The molecule has 0 bridgehead atoms. The molecule has 1 unspecified atom stereocenters. The van der Waals surface area contributed by atoms with Gasteiger partial charge < -0.3 is 20.5 Å². The van der Waals surface area contributed by atoms with Crippen molar-refractivity contribution in [1.29, 1.82) is 0 Å². The number of hydrogen-bond donors (Lipinski definition) is 3. The van der Waals surface area contributed by atoms with E-state index in [0.29, 0.717) is 11.4 Å². The summed E-state index contributed by atoms with van der Waals surface area (Å²) in [5, 5.41) is 14.0. The fourth-order valence-electron chi connectivity index (χ4n) is 1.70. The molecule has 1 atom stereocenters. The maximum Gasteiger partial charge on any atom is 0.341 e. The molecule has 0 fully saturated rings. The summed E-state index contributed by atoms with van der Waals surface area (Å²) in [6, 6.07) is 6.41. The summed E-state index contributed by atoms with van der Waals surface area (Å²) in [6.45, 7) is 3.58. The van der Waals surface area contributed by atoms with Crippen molar-refractivity contribution in [3.05, 3.63) is 24.3 Å². The Morgan fingerprint density at radius 3 is 2.80 bits per heavy atom. The number of aliphatic carboxylic acids is 1. The first-order valence-corrected chi connectivity index (χ1v) is 6.53. The standard InChI is InChI=1S/C14H20N2O4/c1-3-5-10(2)15-14(19)16-11-6-4-7-12(8-11)20-9-13(17)18/h4,6-8,10H,3,5,9H2,1-2H3,(H,17,18)(H2,15,16,19). The molecule has 0 aliphatic heterocycles. The lowest BCUT2D eigenvalue weighted by Gasteiger charge is -2.14. The fraction of sp³-hybridized carbons (Fsp3) is 0.429. The van der Waals surface area contributed by atoms with Gasteiger partial charge in [0.05, 0.1) is 0 Å². The molecule has 1 aromatic carbocycles. The lowest BCUT2D eigenvalue weighted by molar-refractivity contribution is -0.139. The largest absolute Gasteiger partial charge is 0.482 e. The SMILES string of the molecule is CCCC(C)NC(=O)Nc1cccc(OCC(=O)O)c1. The van der Waals surface area contributed by atoms with E-state index in [0.717, 1.165) is 12.8 Å². The van der Waals surface area contributed by atoms with Crippen LogP contribution in [0.5, 0.6) is 5.75 Å². The monoisotopic (exact) mass is 280 g/mol. The van der Waals surface area contributed by atoms with E-state index >= 15 is 0 Å². The molecule has 0 aliphatic carbocycles. The summed E-state index contributed by atoms with van der Waals surface area (Å²) in [5.41, 5.74) is 0.550. The van der Waals surface area contributed by atoms with Gasteiger partial charge in [0.1, 0.15) is 5.75 Å². The van der Waals surface area contributed by atoms with Gasteiger partial charge in [-0.1, -0.05) is 19.4 Å². The molecule has 2 amide bonds. The van der Waals surface area contributed by atoms with E-state index < -0.39 is 12.6 Å². The molecule has 110 valence electrons. The molecule has 1 rings (SSSR count). The molecular formula is C14H20N2O4. The number of carbonyl (C=O) groups is 2. The van der Waals surface area contributed by atoms with E-state index in [1.165, 1.54) is 0 Å². The number of nitrogens with one attached hydrogen (secondary N) is 2. The van der Waals surface area contributed by atoms with E-state index in [1.54, 1.807) is 24.3 Å². The molecule has 0 saturated carbocycles. The van der Waals surface area contributed by atoms with Crippen molar-refractivity contribution < 1.29 is 19.4 Å². The van der Waals surface area contributed by atoms with Crippen LogP contribution in [0.1, 0.15) is 26.7 Å². The van der Waals surface area contributed by atoms with E-state index in [1.807, 2.05) is 6.92 Å². The minimum atomic E-state index is -1.05. The van der Waals surface area contributed by atoms with Crippen molar-refractivity contribution in [1.82, 2.24) is 5.32 Å². The zero-order chi connectivity index (χ0) is 15.0. The summed E-state index contributed by atoms with van der Waals surface area (Å²) in [7, 11) is 0. The number of rotatable bonds is 7. The number of carbonyl (C=O) groups excluding carboxylic acids is 1. The normalized spacial score (nSPS) is 11.5. The Balaban J connectivity index is 2.52. The van der Waals surface area contributed by atoms with Gasteiger partial charge in [-0.15, -0.1) is 0 Å². The summed E-state index contributed by atoms with van der Waals surface area (Å²) in [4.78, 5) is 22.1. The second kappa shape index (κ2) is 8.04. The number of urea groups is 1. The first kappa shape index (κ1) is 15.8. The van der Waals surface area contributed by atoms with Gasteiger partial charge in [-0.2, -0.15) is 0 Å². The zero-order valence-corrected chi connectivity index (χ0v) is 11.7. The van der Waals surface area contributed by atoms with Crippen LogP contribution >= 0.6 is 0 Å². The molecule has 0 saturated heterocycles. The van der Waals surface area contributed by atoms with Gasteiger partial charge in [-0.05, 0) is 25.5 Å².